The minimum atomic E-state index is -1.03. The highest BCUT2D eigenvalue weighted by atomic mass is 16.5. The van der Waals surface area contributed by atoms with Crippen molar-refractivity contribution < 1.29 is 14.6 Å². The van der Waals surface area contributed by atoms with Crippen molar-refractivity contribution >= 4 is 17.0 Å². The maximum Gasteiger partial charge on any atom is 0.336 e. The SMILES string of the molecule is COc1cccc(-c2[nH]nc3nc(-c4ccc(C(C)C)cc4)cc(C(=O)O)c23)c1. The number of benzene rings is 2. The number of methoxy groups -OCH3 is 1. The first-order chi connectivity index (χ1) is 14.0. The molecule has 2 aromatic carbocycles. The molecule has 2 aromatic heterocycles. The van der Waals surface area contributed by atoms with E-state index in [9.17, 15) is 9.90 Å². The van der Waals surface area contributed by atoms with Gasteiger partial charge in [-0.25, -0.2) is 9.78 Å². The van der Waals surface area contributed by atoms with E-state index in [1.54, 1.807) is 13.2 Å². The third-order valence-corrected chi connectivity index (χ3v) is 4.99. The molecule has 0 atom stereocenters. The van der Waals surface area contributed by atoms with E-state index in [4.69, 9.17) is 4.74 Å². The fourth-order valence-corrected chi connectivity index (χ4v) is 3.37. The highest BCUT2D eigenvalue weighted by Crippen LogP contribution is 2.33. The summed E-state index contributed by atoms with van der Waals surface area (Å²) in [6.07, 6.45) is 0. The minimum absolute atomic E-state index is 0.157. The Bertz CT molecular complexity index is 1190. The number of hydrogen-bond donors (Lipinski definition) is 2. The molecule has 146 valence electrons. The molecule has 0 saturated heterocycles. The Hall–Kier alpha value is -3.67. The molecule has 0 aliphatic heterocycles. The average Bonchev–Trinajstić information content (AvgIpc) is 3.17. The Morgan fingerprint density at radius 1 is 1.07 bits per heavy atom. The molecular weight excluding hydrogens is 366 g/mol. The molecule has 0 radical (unpaired) electrons. The summed E-state index contributed by atoms with van der Waals surface area (Å²) in [5, 5.41) is 17.6. The summed E-state index contributed by atoms with van der Waals surface area (Å²) in [7, 11) is 1.59. The van der Waals surface area contributed by atoms with Gasteiger partial charge < -0.3 is 9.84 Å². The van der Waals surface area contributed by atoms with Crippen LogP contribution in [-0.2, 0) is 0 Å². The van der Waals surface area contributed by atoms with Crippen LogP contribution in [0.15, 0.2) is 54.6 Å². The first-order valence-corrected chi connectivity index (χ1v) is 9.35. The van der Waals surface area contributed by atoms with Crippen molar-refractivity contribution in [1.82, 2.24) is 15.2 Å². The second-order valence-electron chi connectivity index (χ2n) is 7.17. The van der Waals surface area contributed by atoms with E-state index in [1.165, 1.54) is 5.56 Å². The zero-order valence-corrected chi connectivity index (χ0v) is 16.4. The van der Waals surface area contributed by atoms with E-state index in [0.717, 1.165) is 11.1 Å². The number of aromatic nitrogens is 3. The Morgan fingerprint density at radius 2 is 1.83 bits per heavy atom. The van der Waals surface area contributed by atoms with Crippen LogP contribution >= 0.6 is 0 Å². The van der Waals surface area contributed by atoms with E-state index in [2.05, 4.69) is 29.0 Å². The van der Waals surface area contributed by atoms with Crippen molar-refractivity contribution in [3.63, 3.8) is 0 Å². The van der Waals surface area contributed by atoms with Crippen LogP contribution in [0, 0.1) is 0 Å². The summed E-state index contributed by atoms with van der Waals surface area (Å²) >= 11 is 0. The van der Waals surface area contributed by atoms with Crippen molar-refractivity contribution in [3.8, 4) is 28.3 Å². The molecule has 0 fully saturated rings. The molecule has 0 saturated carbocycles. The highest BCUT2D eigenvalue weighted by molar-refractivity contribution is 6.08. The third-order valence-electron chi connectivity index (χ3n) is 4.99. The summed E-state index contributed by atoms with van der Waals surface area (Å²) in [6.45, 7) is 4.26. The average molecular weight is 387 g/mol. The summed E-state index contributed by atoms with van der Waals surface area (Å²) in [6, 6.07) is 17.0. The maximum absolute atomic E-state index is 12.1. The molecule has 6 nitrogen and oxygen atoms in total. The smallest absolute Gasteiger partial charge is 0.336 e. The number of aromatic amines is 1. The second-order valence-corrected chi connectivity index (χ2v) is 7.17. The number of nitrogens with zero attached hydrogens (tertiary/aromatic N) is 2. The van der Waals surface area contributed by atoms with Crippen LogP contribution < -0.4 is 4.74 Å². The molecule has 0 spiro atoms. The molecule has 0 aliphatic carbocycles. The van der Waals surface area contributed by atoms with Crippen molar-refractivity contribution in [2.45, 2.75) is 19.8 Å². The molecule has 4 rings (SSSR count). The number of H-pyrrole nitrogens is 1. The lowest BCUT2D eigenvalue weighted by Crippen LogP contribution is -2.00. The van der Waals surface area contributed by atoms with Crippen LogP contribution in [0.2, 0.25) is 0 Å². The number of nitrogens with one attached hydrogen (secondary N) is 1. The highest BCUT2D eigenvalue weighted by Gasteiger charge is 2.20. The van der Waals surface area contributed by atoms with Crippen LogP contribution in [0.1, 0.15) is 35.7 Å². The van der Waals surface area contributed by atoms with Gasteiger partial charge in [0.15, 0.2) is 5.65 Å². The van der Waals surface area contributed by atoms with E-state index >= 15 is 0 Å². The molecule has 0 bridgehead atoms. The van der Waals surface area contributed by atoms with Gasteiger partial charge in [0.2, 0.25) is 0 Å². The minimum Gasteiger partial charge on any atom is -0.497 e. The fourth-order valence-electron chi connectivity index (χ4n) is 3.37. The van der Waals surface area contributed by atoms with Crippen LogP contribution in [0.25, 0.3) is 33.5 Å². The van der Waals surface area contributed by atoms with Gasteiger partial charge in [0.05, 0.1) is 29.4 Å². The molecule has 6 heteroatoms. The Morgan fingerprint density at radius 3 is 2.48 bits per heavy atom. The Kier molecular flexibility index (Phi) is 4.76. The van der Waals surface area contributed by atoms with E-state index in [1.807, 2.05) is 48.5 Å². The molecule has 4 aromatic rings. The second kappa shape index (κ2) is 7.39. The number of fused-ring (bicyclic) bond motifs is 1. The zero-order chi connectivity index (χ0) is 20.5. The molecule has 0 aliphatic rings. The normalized spacial score (nSPS) is 11.2. The largest absolute Gasteiger partial charge is 0.497 e. The van der Waals surface area contributed by atoms with Crippen LogP contribution in [-0.4, -0.2) is 33.4 Å². The van der Waals surface area contributed by atoms with Crippen molar-refractivity contribution in [2.75, 3.05) is 7.11 Å². The third kappa shape index (κ3) is 3.45. The lowest BCUT2D eigenvalue weighted by atomic mass is 9.99. The first kappa shape index (κ1) is 18.7. The summed E-state index contributed by atoms with van der Waals surface area (Å²) in [5.41, 5.74) is 4.55. The van der Waals surface area contributed by atoms with E-state index in [-0.39, 0.29) is 5.56 Å². The predicted octanol–water partition coefficient (Wildman–Crippen LogP) is 5.12. The van der Waals surface area contributed by atoms with Gasteiger partial charge >= 0.3 is 5.97 Å². The number of pyridine rings is 1. The molecule has 2 N–H and O–H groups in total. The molecule has 0 unspecified atom stereocenters. The standard InChI is InChI=1S/C23H21N3O3/c1-13(2)14-7-9-15(10-8-14)19-12-18(23(27)28)20-21(25-26-22(20)24-19)16-5-4-6-17(11-16)29-3/h4-13H,1-3H3,(H,27,28)(H,24,25,26). The molecule has 2 heterocycles. The van der Waals surface area contributed by atoms with E-state index in [0.29, 0.717) is 34.1 Å². The van der Waals surface area contributed by atoms with Gasteiger partial charge in [-0.05, 0) is 29.7 Å². The van der Waals surface area contributed by atoms with E-state index < -0.39 is 5.97 Å². The quantitative estimate of drug-likeness (QED) is 0.496. The number of hydrogen-bond acceptors (Lipinski definition) is 4. The van der Waals surface area contributed by atoms with Crippen LogP contribution in [0.3, 0.4) is 0 Å². The number of carbonyl (C=O) groups is 1. The van der Waals surface area contributed by atoms with Gasteiger partial charge in [-0.2, -0.15) is 5.10 Å². The van der Waals surface area contributed by atoms with Gasteiger partial charge in [0.1, 0.15) is 5.75 Å². The number of carboxylic acids is 1. The summed E-state index contributed by atoms with van der Waals surface area (Å²) in [5.74, 6) is 0.0748. The molecular formula is C23H21N3O3. The topological polar surface area (TPSA) is 88.1 Å². The van der Waals surface area contributed by atoms with Gasteiger partial charge in [-0.1, -0.05) is 50.2 Å². The van der Waals surface area contributed by atoms with Gasteiger partial charge in [-0.15, -0.1) is 0 Å². The predicted molar refractivity (Wildman–Crippen MR) is 112 cm³/mol. The van der Waals surface area contributed by atoms with Gasteiger partial charge in [0, 0.05) is 11.1 Å². The number of ether oxygens (including phenoxy) is 1. The maximum atomic E-state index is 12.1. The van der Waals surface area contributed by atoms with Gasteiger partial charge in [-0.3, -0.25) is 5.10 Å². The zero-order valence-electron chi connectivity index (χ0n) is 16.4. The lowest BCUT2D eigenvalue weighted by Gasteiger charge is -2.08. The van der Waals surface area contributed by atoms with Crippen molar-refractivity contribution in [1.29, 1.82) is 0 Å². The molecule has 0 amide bonds. The number of aromatic carboxylic acids is 1. The lowest BCUT2D eigenvalue weighted by molar-refractivity contribution is 0.0699. The molecule has 29 heavy (non-hydrogen) atoms. The number of carboxylic acid groups (broad SMARTS) is 1. The van der Waals surface area contributed by atoms with Crippen LogP contribution in [0.5, 0.6) is 5.75 Å². The monoisotopic (exact) mass is 387 g/mol. The van der Waals surface area contributed by atoms with Crippen molar-refractivity contribution in [2.24, 2.45) is 0 Å². The fraction of sp³-hybridized carbons (Fsp3) is 0.174. The van der Waals surface area contributed by atoms with Crippen molar-refractivity contribution in [3.05, 3.63) is 65.7 Å². The van der Waals surface area contributed by atoms with Gasteiger partial charge in [0.25, 0.3) is 0 Å². The summed E-state index contributed by atoms with van der Waals surface area (Å²) < 4.78 is 5.28. The summed E-state index contributed by atoms with van der Waals surface area (Å²) in [4.78, 5) is 16.7. The Balaban J connectivity index is 1.88. The first-order valence-electron chi connectivity index (χ1n) is 9.35. The Labute approximate surface area is 168 Å². The number of rotatable bonds is 5. The van der Waals surface area contributed by atoms with Crippen LogP contribution in [0.4, 0.5) is 0 Å².